The van der Waals surface area contributed by atoms with Gasteiger partial charge in [0.1, 0.15) is 4.90 Å². The second-order valence-corrected chi connectivity index (χ2v) is 8.40. The smallest absolute Gasteiger partial charge is 0.243 e. The van der Waals surface area contributed by atoms with Crippen LogP contribution in [0, 0.1) is 0 Å². The van der Waals surface area contributed by atoms with Gasteiger partial charge in [-0.1, -0.05) is 35.3 Å². The largest absolute Gasteiger partial charge is 0.264 e. The third kappa shape index (κ3) is 3.79. The lowest BCUT2D eigenvalue weighted by Gasteiger charge is -2.10. The van der Waals surface area contributed by atoms with E-state index in [2.05, 4.69) is 9.71 Å². The summed E-state index contributed by atoms with van der Waals surface area (Å²) in [7, 11) is -3.83. The molecule has 0 amide bonds. The Morgan fingerprint density at radius 1 is 1.08 bits per heavy atom. The molecular weight excluding hydrogens is 387 g/mol. The van der Waals surface area contributed by atoms with Gasteiger partial charge >= 0.3 is 0 Å². The summed E-state index contributed by atoms with van der Waals surface area (Å²) in [5.74, 6) is 0. The number of hydrogen-bond acceptors (Lipinski definition) is 4. The lowest BCUT2D eigenvalue weighted by molar-refractivity contribution is 0.581. The average molecular weight is 399 g/mol. The average Bonchev–Trinajstić information content (AvgIpc) is 3.07. The summed E-state index contributed by atoms with van der Waals surface area (Å²) >= 11 is 13.5. The van der Waals surface area contributed by atoms with Crippen molar-refractivity contribution in [3.63, 3.8) is 0 Å². The van der Waals surface area contributed by atoms with Crippen molar-refractivity contribution < 1.29 is 8.42 Å². The van der Waals surface area contributed by atoms with Crippen LogP contribution in [0.2, 0.25) is 10.0 Å². The van der Waals surface area contributed by atoms with Crippen molar-refractivity contribution in [2.24, 2.45) is 0 Å². The van der Waals surface area contributed by atoms with Crippen LogP contribution in [0.1, 0.15) is 5.56 Å². The Hall–Kier alpha value is -1.44. The van der Waals surface area contributed by atoms with Gasteiger partial charge in [0.15, 0.2) is 0 Å². The number of hydrogen-bond donors (Lipinski definition) is 1. The number of pyridine rings is 1. The highest BCUT2D eigenvalue weighted by atomic mass is 35.5. The molecule has 0 aliphatic rings. The van der Waals surface area contributed by atoms with Crippen LogP contribution in [0.15, 0.2) is 59.1 Å². The molecule has 0 saturated heterocycles. The lowest BCUT2D eigenvalue weighted by Crippen LogP contribution is -2.24. The Bertz CT molecular complexity index is 938. The molecule has 0 atom stereocenters. The van der Waals surface area contributed by atoms with E-state index in [1.807, 2.05) is 23.6 Å². The van der Waals surface area contributed by atoms with Crippen LogP contribution >= 0.6 is 34.5 Å². The number of halogens is 2. The molecule has 0 unspecified atom stereocenters. The molecule has 24 heavy (non-hydrogen) atoms. The van der Waals surface area contributed by atoms with Crippen LogP contribution in [0.3, 0.4) is 0 Å². The zero-order valence-corrected chi connectivity index (χ0v) is 15.4. The van der Waals surface area contributed by atoms with Crippen molar-refractivity contribution in [2.75, 3.05) is 0 Å². The van der Waals surface area contributed by atoms with Crippen LogP contribution < -0.4 is 4.72 Å². The molecular formula is C16H12Cl2N2O2S2. The molecule has 0 bridgehead atoms. The maximum absolute atomic E-state index is 12.5. The minimum Gasteiger partial charge on any atom is -0.264 e. The van der Waals surface area contributed by atoms with Crippen molar-refractivity contribution in [2.45, 2.75) is 11.4 Å². The van der Waals surface area contributed by atoms with Gasteiger partial charge in [-0.05, 0) is 35.2 Å². The topological polar surface area (TPSA) is 59.1 Å². The van der Waals surface area contributed by atoms with E-state index >= 15 is 0 Å². The third-order valence-corrected chi connectivity index (χ3v) is 6.53. The predicted molar refractivity (Wildman–Crippen MR) is 98.0 cm³/mol. The SMILES string of the molecule is O=S(=O)(NCc1cncc(-c2cccs2)c1)c1c(Cl)cccc1Cl. The number of nitrogens with zero attached hydrogens (tertiary/aromatic N) is 1. The van der Waals surface area contributed by atoms with Crippen molar-refractivity contribution in [3.8, 4) is 10.4 Å². The summed E-state index contributed by atoms with van der Waals surface area (Å²) < 4.78 is 27.4. The fourth-order valence-corrected chi connectivity index (χ4v) is 5.02. The van der Waals surface area contributed by atoms with Gasteiger partial charge in [0.05, 0.1) is 10.0 Å². The predicted octanol–water partition coefficient (Wildman–Crippen LogP) is 4.60. The molecule has 0 radical (unpaired) electrons. The first-order valence-corrected chi connectivity index (χ1v) is 10.0. The maximum atomic E-state index is 12.5. The summed E-state index contributed by atoms with van der Waals surface area (Å²) in [4.78, 5) is 5.12. The van der Waals surface area contributed by atoms with E-state index in [0.717, 1.165) is 16.0 Å². The summed E-state index contributed by atoms with van der Waals surface area (Å²) in [6.07, 6.45) is 3.36. The first kappa shape index (κ1) is 17.4. The van der Waals surface area contributed by atoms with Crippen molar-refractivity contribution >= 4 is 44.6 Å². The molecule has 4 nitrogen and oxygen atoms in total. The van der Waals surface area contributed by atoms with Crippen molar-refractivity contribution in [1.82, 2.24) is 9.71 Å². The van der Waals surface area contributed by atoms with E-state index in [-0.39, 0.29) is 21.5 Å². The first-order valence-electron chi connectivity index (χ1n) is 6.89. The van der Waals surface area contributed by atoms with Gasteiger partial charge in [-0.2, -0.15) is 0 Å². The van der Waals surface area contributed by atoms with Crippen LogP contribution in [0.4, 0.5) is 0 Å². The number of thiophene rings is 1. The van der Waals surface area contributed by atoms with E-state index in [0.29, 0.717) is 0 Å². The fraction of sp³-hybridized carbons (Fsp3) is 0.0625. The molecule has 0 spiro atoms. The van der Waals surface area contributed by atoms with Gasteiger partial charge in [-0.3, -0.25) is 4.98 Å². The highest BCUT2D eigenvalue weighted by Gasteiger charge is 2.21. The maximum Gasteiger partial charge on any atom is 0.243 e. The van der Waals surface area contributed by atoms with Crippen LogP contribution in [-0.4, -0.2) is 13.4 Å². The van der Waals surface area contributed by atoms with Gasteiger partial charge in [-0.25, -0.2) is 13.1 Å². The van der Waals surface area contributed by atoms with E-state index < -0.39 is 10.0 Å². The van der Waals surface area contributed by atoms with Gasteiger partial charge in [0.2, 0.25) is 10.0 Å². The highest BCUT2D eigenvalue weighted by Crippen LogP contribution is 2.29. The zero-order chi connectivity index (χ0) is 17.2. The summed E-state index contributed by atoms with van der Waals surface area (Å²) in [5.41, 5.74) is 1.69. The molecule has 2 aromatic heterocycles. The van der Waals surface area contributed by atoms with Crippen LogP contribution in [0.5, 0.6) is 0 Å². The molecule has 0 saturated carbocycles. The van der Waals surface area contributed by atoms with E-state index in [1.165, 1.54) is 12.1 Å². The molecule has 1 aromatic carbocycles. The lowest BCUT2D eigenvalue weighted by atomic mass is 10.2. The normalized spacial score (nSPS) is 11.6. The van der Waals surface area contributed by atoms with Crippen LogP contribution in [-0.2, 0) is 16.6 Å². The zero-order valence-electron chi connectivity index (χ0n) is 12.2. The monoisotopic (exact) mass is 398 g/mol. The number of nitrogens with one attached hydrogen (secondary N) is 1. The molecule has 3 aromatic rings. The van der Waals surface area contributed by atoms with Gasteiger partial charge in [0, 0.05) is 29.4 Å². The standard InChI is InChI=1S/C16H12Cl2N2O2S2/c17-13-3-1-4-14(18)16(13)24(21,22)20-9-11-7-12(10-19-8-11)15-5-2-6-23-15/h1-8,10,20H,9H2. The van der Waals surface area contributed by atoms with Gasteiger partial charge in [0.25, 0.3) is 0 Å². The minimum atomic E-state index is -3.83. The Labute approximate surface area is 154 Å². The summed E-state index contributed by atoms with van der Waals surface area (Å²) in [6, 6.07) is 10.4. The third-order valence-electron chi connectivity index (χ3n) is 3.25. The molecule has 0 aliphatic carbocycles. The van der Waals surface area contributed by atoms with Gasteiger partial charge < -0.3 is 0 Å². The van der Waals surface area contributed by atoms with Crippen LogP contribution in [0.25, 0.3) is 10.4 Å². The molecule has 1 N–H and O–H groups in total. The van der Waals surface area contributed by atoms with E-state index in [4.69, 9.17) is 23.2 Å². The van der Waals surface area contributed by atoms with Crippen molar-refractivity contribution in [1.29, 1.82) is 0 Å². The second kappa shape index (κ2) is 7.21. The molecule has 2 heterocycles. The number of rotatable bonds is 5. The fourth-order valence-electron chi connectivity index (χ4n) is 2.15. The molecule has 8 heteroatoms. The second-order valence-electron chi connectivity index (χ2n) is 4.93. The molecule has 124 valence electrons. The van der Waals surface area contributed by atoms with E-state index in [9.17, 15) is 8.42 Å². The first-order chi connectivity index (χ1) is 11.5. The van der Waals surface area contributed by atoms with Gasteiger partial charge in [-0.15, -0.1) is 11.3 Å². The summed E-state index contributed by atoms with van der Waals surface area (Å²) in [5, 5.41) is 2.14. The number of benzene rings is 1. The van der Waals surface area contributed by atoms with Crippen molar-refractivity contribution in [3.05, 3.63) is 69.8 Å². The highest BCUT2D eigenvalue weighted by molar-refractivity contribution is 7.89. The Morgan fingerprint density at radius 3 is 2.50 bits per heavy atom. The Kier molecular flexibility index (Phi) is 5.22. The molecule has 3 rings (SSSR count). The molecule has 0 fully saturated rings. The summed E-state index contributed by atoms with van der Waals surface area (Å²) in [6.45, 7) is 0.0934. The number of sulfonamides is 1. The van der Waals surface area contributed by atoms with E-state index in [1.54, 1.807) is 29.8 Å². The Balaban J connectivity index is 1.82. The Morgan fingerprint density at radius 2 is 1.83 bits per heavy atom. The minimum absolute atomic E-state index is 0.0838. The quantitative estimate of drug-likeness (QED) is 0.683. The molecule has 0 aliphatic heterocycles. The number of aromatic nitrogens is 1.